The highest BCUT2D eigenvalue weighted by molar-refractivity contribution is 7.99. The van der Waals surface area contributed by atoms with Gasteiger partial charge in [-0.2, -0.15) is 11.8 Å². The third-order valence-corrected chi connectivity index (χ3v) is 2.51. The molecule has 0 radical (unpaired) electrons. The van der Waals surface area contributed by atoms with Crippen molar-refractivity contribution in [3.8, 4) is 0 Å². The number of carbonyl (C=O) groups is 2. The average molecular weight is 262 g/mol. The average Bonchev–Trinajstić information content (AvgIpc) is 2.39. The van der Waals surface area contributed by atoms with Crippen LogP contribution < -0.4 is 0 Å². The summed E-state index contributed by atoms with van der Waals surface area (Å²) in [5.74, 6) is 0.254. The second-order valence-corrected chi connectivity index (χ2v) is 3.83. The van der Waals surface area contributed by atoms with E-state index in [1.807, 2.05) is 13.8 Å². The van der Waals surface area contributed by atoms with Crippen LogP contribution in [0.25, 0.3) is 0 Å². The van der Waals surface area contributed by atoms with Gasteiger partial charge < -0.3 is 14.2 Å². The van der Waals surface area contributed by atoms with Gasteiger partial charge in [-0.15, -0.1) is 0 Å². The quantitative estimate of drug-likeness (QED) is 0.563. The predicted octanol–water partition coefficient (Wildman–Crippen LogP) is 1.37. The molecule has 1 rings (SSSR count). The standard InChI is InChI=1S/C9H12O5S.C2H6/c1-2-7(10)13-5-8(11)14-9-6-15-4-3-12-9;1-2/h2,9H,1,3-6H2;1-2H3. The van der Waals surface area contributed by atoms with Gasteiger partial charge in [-0.3, -0.25) is 0 Å². The Morgan fingerprint density at radius 1 is 1.53 bits per heavy atom. The molecule has 1 aliphatic rings. The maximum absolute atomic E-state index is 11.1. The van der Waals surface area contributed by atoms with Crippen molar-refractivity contribution in [1.29, 1.82) is 0 Å². The van der Waals surface area contributed by atoms with Crippen LogP contribution in [-0.4, -0.2) is 42.9 Å². The molecule has 0 N–H and O–H groups in total. The lowest BCUT2D eigenvalue weighted by molar-refractivity contribution is -0.180. The van der Waals surface area contributed by atoms with Crippen molar-refractivity contribution in [1.82, 2.24) is 0 Å². The number of hydrogen-bond acceptors (Lipinski definition) is 6. The lowest BCUT2D eigenvalue weighted by atomic mass is 10.6. The molecule has 1 fully saturated rings. The van der Waals surface area contributed by atoms with Gasteiger partial charge in [0.2, 0.25) is 6.29 Å². The van der Waals surface area contributed by atoms with E-state index < -0.39 is 24.8 Å². The summed E-state index contributed by atoms with van der Waals surface area (Å²) < 4.78 is 14.6. The van der Waals surface area contributed by atoms with E-state index in [0.717, 1.165) is 11.8 Å². The van der Waals surface area contributed by atoms with E-state index in [1.165, 1.54) is 0 Å². The second-order valence-electron chi connectivity index (χ2n) is 2.68. The van der Waals surface area contributed by atoms with Crippen molar-refractivity contribution >= 4 is 23.7 Å². The van der Waals surface area contributed by atoms with E-state index in [4.69, 9.17) is 9.47 Å². The third kappa shape index (κ3) is 7.82. The molecule has 0 spiro atoms. The number of hydrogen-bond donors (Lipinski definition) is 0. The van der Waals surface area contributed by atoms with E-state index >= 15 is 0 Å². The minimum Gasteiger partial charge on any atom is -0.451 e. The normalized spacial score (nSPS) is 18.4. The van der Waals surface area contributed by atoms with Crippen LogP contribution in [0, 0.1) is 0 Å². The molecule has 0 amide bonds. The van der Waals surface area contributed by atoms with Gasteiger partial charge in [0.25, 0.3) is 0 Å². The van der Waals surface area contributed by atoms with Crippen LogP contribution in [0.5, 0.6) is 0 Å². The number of rotatable bonds is 4. The zero-order valence-electron chi connectivity index (χ0n) is 10.1. The molecule has 17 heavy (non-hydrogen) atoms. The topological polar surface area (TPSA) is 61.8 Å². The SMILES string of the molecule is C=CC(=O)OCC(=O)OC1CSCCO1.CC. The zero-order valence-corrected chi connectivity index (χ0v) is 11.0. The van der Waals surface area contributed by atoms with Crippen LogP contribution in [0.1, 0.15) is 13.8 Å². The molecule has 0 aliphatic carbocycles. The highest BCUT2D eigenvalue weighted by atomic mass is 32.2. The molecule has 5 nitrogen and oxygen atoms in total. The summed E-state index contributed by atoms with van der Waals surface area (Å²) >= 11 is 1.65. The zero-order chi connectivity index (χ0) is 13.1. The molecule has 0 bridgehead atoms. The Balaban J connectivity index is 0.00000121. The monoisotopic (exact) mass is 262 g/mol. The Hall–Kier alpha value is -1.01. The van der Waals surface area contributed by atoms with Gasteiger partial charge in [-0.25, -0.2) is 9.59 Å². The summed E-state index contributed by atoms with van der Waals surface area (Å²) in [6.07, 6.45) is 0.457. The Morgan fingerprint density at radius 3 is 2.76 bits per heavy atom. The van der Waals surface area contributed by atoms with Crippen LogP contribution in [0.3, 0.4) is 0 Å². The van der Waals surface area contributed by atoms with Crippen LogP contribution in [0.2, 0.25) is 0 Å². The van der Waals surface area contributed by atoms with E-state index in [1.54, 1.807) is 11.8 Å². The molecule has 1 saturated heterocycles. The Kier molecular flexibility index (Phi) is 9.56. The predicted molar refractivity (Wildman–Crippen MR) is 65.7 cm³/mol. The maximum atomic E-state index is 11.1. The molecule has 6 heteroatoms. The minimum absolute atomic E-state index is 0.407. The fourth-order valence-corrected chi connectivity index (χ4v) is 1.64. The number of thioether (sulfide) groups is 1. The van der Waals surface area contributed by atoms with Crippen LogP contribution in [0.15, 0.2) is 12.7 Å². The van der Waals surface area contributed by atoms with E-state index in [-0.39, 0.29) is 0 Å². The van der Waals surface area contributed by atoms with Gasteiger partial charge in [-0.1, -0.05) is 20.4 Å². The van der Waals surface area contributed by atoms with E-state index in [0.29, 0.717) is 12.4 Å². The minimum atomic E-state index is -0.647. The highest BCUT2D eigenvalue weighted by Crippen LogP contribution is 2.13. The summed E-state index contributed by atoms with van der Waals surface area (Å²) in [7, 11) is 0. The molecule has 0 aromatic rings. The molecule has 0 aromatic heterocycles. The Labute approximate surface area is 105 Å². The van der Waals surface area contributed by atoms with Crippen molar-refractivity contribution in [3.05, 3.63) is 12.7 Å². The number of carbonyl (C=O) groups excluding carboxylic acids is 2. The van der Waals surface area contributed by atoms with Gasteiger partial charge in [0.1, 0.15) is 0 Å². The van der Waals surface area contributed by atoms with E-state index in [2.05, 4.69) is 11.3 Å². The van der Waals surface area contributed by atoms with E-state index in [9.17, 15) is 9.59 Å². The molecule has 0 saturated carbocycles. The smallest absolute Gasteiger partial charge is 0.346 e. The summed E-state index contributed by atoms with van der Waals surface area (Å²) in [6.45, 7) is 7.36. The molecule has 1 heterocycles. The van der Waals surface area contributed by atoms with Crippen LogP contribution >= 0.6 is 11.8 Å². The van der Waals surface area contributed by atoms with Crippen molar-refractivity contribution in [2.24, 2.45) is 0 Å². The molecular weight excluding hydrogens is 244 g/mol. The summed E-state index contributed by atoms with van der Waals surface area (Å²) in [5.41, 5.74) is 0. The van der Waals surface area contributed by atoms with Gasteiger partial charge >= 0.3 is 11.9 Å². The van der Waals surface area contributed by atoms with Crippen LogP contribution in [-0.2, 0) is 23.8 Å². The summed E-state index contributed by atoms with van der Waals surface area (Å²) in [6, 6.07) is 0. The fourth-order valence-electron chi connectivity index (χ4n) is 0.904. The van der Waals surface area contributed by atoms with Crippen LogP contribution in [0.4, 0.5) is 0 Å². The Bertz CT molecular complexity index is 248. The first-order valence-electron chi connectivity index (χ1n) is 5.40. The second kappa shape index (κ2) is 10.2. The fraction of sp³-hybridized carbons (Fsp3) is 0.636. The molecule has 98 valence electrons. The summed E-state index contributed by atoms with van der Waals surface area (Å²) in [5, 5.41) is 0. The largest absolute Gasteiger partial charge is 0.451 e. The van der Waals surface area contributed by atoms with Gasteiger partial charge in [0.15, 0.2) is 6.61 Å². The van der Waals surface area contributed by atoms with Gasteiger partial charge in [0.05, 0.1) is 12.4 Å². The molecular formula is C11H18O5S. The number of ether oxygens (including phenoxy) is 3. The Morgan fingerprint density at radius 2 is 2.24 bits per heavy atom. The first-order chi connectivity index (χ1) is 8.22. The highest BCUT2D eigenvalue weighted by Gasteiger charge is 2.18. The van der Waals surface area contributed by atoms with Crippen molar-refractivity contribution < 1.29 is 23.8 Å². The van der Waals surface area contributed by atoms with Crippen molar-refractivity contribution in [3.63, 3.8) is 0 Å². The first kappa shape index (κ1) is 16.0. The first-order valence-corrected chi connectivity index (χ1v) is 6.56. The maximum Gasteiger partial charge on any atom is 0.346 e. The van der Waals surface area contributed by atoms with Gasteiger partial charge in [-0.05, 0) is 0 Å². The summed E-state index contributed by atoms with van der Waals surface area (Å²) in [4.78, 5) is 21.7. The molecule has 1 aliphatic heterocycles. The number of esters is 2. The van der Waals surface area contributed by atoms with Crippen molar-refractivity contribution in [2.75, 3.05) is 24.7 Å². The lowest BCUT2D eigenvalue weighted by Gasteiger charge is -2.21. The van der Waals surface area contributed by atoms with Gasteiger partial charge in [0, 0.05) is 11.8 Å². The molecule has 1 atom stereocenters. The molecule has 0 aromatic carbocycles. The molecule has 1 unspecified atom stereocenters. The lowest BCUT2D eigenvalue weighted by Crippen LogP contribution is -2.30. The third-order valence-electron chi connectivity index (χ3n) is 1.55. The van der Waals surface area contributed by atoms with Crippen molar-refractivity contribution in [2.45, 2.75) is 20.1 Å².